The predicted molar refractivity (Wildman–Crippen MR) is 78.9 cm³/mol. The third-order valence-electron chi connectivity index (χ3n) is 3.42. The molecule has 0 saturated carbocycles. The molecule has 0 spiro atoms. The van der Waals surface area contributed by atoms with Crippen LogP contribution >= 0.6 is 0 Å². The fraction of sp³-hybridized carbons (Fsp3) is 0.600. The summed E-state index contributed by atoms with van der Waals surface area (Å²) < 4.78 is 5.41. The molecular weight excluding hydrogens is 254 g/mol. The highest BCUT2D eigenvalue weighted by Gasteiger charge is 2.30. The lowest BCUT2D eigenvalue weighted by Gasteiger charge is -2.28. The molecule has 1 aromatic rings. The first-order valence-electron chi connectivity index (χ1n) is 6.97. The predicted octanol–water partition coefficient (Wildman–Crippen LogP) is 2.53. The van der Waals surface area contributed by atoms with Gasteiger partial charge in [0.05, 0.1) is 6.04 Å². The standard InChI is InChI=1S/C15H23N3O2/c1-15(2,3)20-14(19)17(4)13-7-10-18(11-13)12-5-8-16-9-6-12/h5-6,8-9,13H,7,10-11H2,1-4H3. The third-order valence-corrected chi connectivity index (χ3v) is 3.42. The molecule has 1 saturated heterocycles. The van der Waals surface area contributed by atoms with Gasteiger partial charge in [0.2, 0.25) is 0 Å². The first-order valence-corrected chi connectivity index (χ1v) is 6.97. The van der Waals surface area contributed by atoms with Crippen LogP contribution in [0.3, 0.4) is 0 Å². The highest BCUT2D eigenvalue weighted by atomic mass is 16.6. The van der Waals surface area contributed by atoms with Crippen molar-refractivity contribution in [2.24, 2.45) is 0 Å². The Morgan fingerprint density at radius 2 is 2.05 bits per heavy atom. The minimum atomic E-state index is -0.450. The average Bonchev–Trinajstić information content (AvgIpc) is 2.86. The van der Waals surface area contributed by atoms with E-state index in [1.807, 2.05) is 40.0 Å². The number of carbonyl (C=O) groups is 1. The smallest absolute Gasteiger partial charge is 0.410 e. The zero-order chi connectivity index (χ0) is 14.8. The van der Waals surface area contributed by atoms with Crippen molar-refractivity contribution in [3.63, 3.8) is 0 Å². The quantitative estimate of drug-likeness (QED) is 0.833. The van der Waals surface area contributed by atoms with Gasteiger partial charge in [-0.1, -0.05) is 0 Å². The SMILES string of the molecule is CN(C(=O)OC(C)(C)C)C1CCN(c2ccncc2)C1. The van der Waals surface area contributed by atoms with E-state index in [0.29, 0.717) is 0 Å². The summed E-state index contributed by atoms with van der Waals surface area (Å²) in [5.41, 5.74) is 0.703. The lowest BCUT2D eigenvalue weighted by Crippen LogP contribution is -2.42. The minimum absolute atomic E-state index is 0.193. The van der Waals surface area contributed by atoms with Crippen LogP contribution in [0.25, 0.3) is 0 Å². The van der Waals surface area contributed by atoms with Gasteiger partial charge in [-0.25, -0.2) is 4.79 Å². The average molecular weight is 277 g/mol. The molecule has 5 heteroatoms. The van der Waals surface area contributed by atoms with Crippen molar-refractivity contribution in [1.29, 1.82) is 0 Å². The topological polar surface area (TPSA) is 45.7 Å². The summed E-state index contributed by atoms with van der Waals surface area (Å²) in [5, 5.41) is 0. The molecule has 110 valence electrons. The first-order chi connectivity index (χ1) is 9.37. The Hall–Kier alpha value is -1.78. The van der Waals surface area contributed by atoms with Crippen LogP contribution in [0.2, 0.25) is 0 Å². The first kappa shape index (κ1) is 14.6. The highest BCUT2D eigenvalue weighted by Crippen LogP contribution is 2.22. The van der Waals surface area contributed by atoms with Crippen molar-refractivity contribution in [1.82, 2.24) is 9.88 Å². The number of anilines is 1. The molecule has 1 fully saturated rings. The van der Waals surface area contributed by atoms with Crippen LogP contribution in [0.1, 0.15) is 27.2 Å². The van der Waals surface area contributed by atoms with Gasteiger partial charge in [0.25, 0.3) is 0 Å². The van der Waals surface area contributed by atoms with E-state index in [1.54, 1.807) is 17.3 Å². The minimum Gasteiger partial charge on any atom is -0.444 e. The Bertz CT molecular complexity index is 456. The molecule has 0 radical (unpaired) electrons. The summed E-state index contributed by atoms with van der Waals surface area (Å²) in [7, 11) is 1.81. The molecule has 2 rings (SSSR count). The number of likely N-dealkylation sites (N-methyl/N-ethyl adjacent to an activating group) is 1. The molecule has 1 aliphatic heterocycles. The van der Waals surface area contributed by atoms with Crippen molar-refractivity contribution >= 4 is 11.8 Å². The number of carbonyl (C=O) groups excluding carboxylic acids is 1. The van der Waals surface area contributed by atoms with Crippen molar-refractivity contribution in [2.75, 3.05) is 25.0 Å². The second-order valence-corrected chi connectivity index (χ2v) is 6.19. The number of hydrogen-bond acceptors (Lipinski definition) is 4. The van der Waals surface area contributed by atoms with Gasteiger partial charge in [-0.2, -0.15) is 0 Å². The van der Waals surface area contributed by atoms with E-state index in [0.717, 1.165) is 25.2 Å². The molecule has 0 aliphatic carbocycles. The Balaban J connectivity index is 1.94. The van der Waals surface area contributed by atoms with Gasteiger partial charge in [-0.15, -0.1) is 0 Å². The van der Waals surface area contributed by atoms with Gasteiger partial charge in [0.1, 0.15) is 5.60 Å². The molecule has 0 aromatic carbocycles. The Kier molecular flexibility index (Phi) is 4.16. The maximum atomic E-state index is 12.1. The van der Waals surface area contributed by atoms with E-state index in [2.05, 4.69) is 9.88 Å². The van der Waals surface area contributed by atoms with Crippen LogP contribution in [0.5, 0.6) is 0 Å². The molecule has 1 aliphatic rings. The van der Waals surface area contributed by atoms with Crippen molar-refractivity contribution in [2.45, 2.75) is 38.8 Å². The van der Waals surface area contributed by atoms with E-state index >= 15 is 0 Å². The summed E-state index contributed by atoms with van der Waals surface area (Å²) in [4.78, 5) is 20.1. The maximum Gasteiger partial charge on any atom is 0.410 e. The maximum absolute atomic E-state index is 12.1. The fourth-order valence-electron chi connectivity index (χ4n) is 2.33. The van der Waals surface area contributed by atoms with E-state index in [9.17, 15) is 4.79 Å². The third kappa shape index (κ3) is 3.62. The number of rotatable bonds is 2. The van der Waals surface area contributed by atoms with Crippen molar-refractivity contribution < 1.29 is 9.53 Å². The molecule has 1 unspecified atom stereocenters. The number of aromatic nitrogens is 1. The molecule has 1 atom stereocenters. The van der Waals surface area contributed by atoms with E-state index in [4.69, 9.17) is 4.74 Å². The second kappa shape index (κ2) is 5.69. The van der Waals surface area contributed by atoms with Gasteiger partial charge in [0.15, 0.2) is 0 Å². The molecule has 1 aromatic heterocycles. The van der Waals surface area contributed by atoms with Gasteiger partial charge < -0.3 is 14.5 Å². The van der Waals surface area contributed by atoms with Gasteiger partial charge in [-0.3, -0.25) is 4.98 Å². The van der Waals surface area contributed by atoms with Gasteiger partial charge >= 0.3 is 6.09 Å². The molecule has 20 heavy (non-hydrogen) atoms. The lowest BCUT2D eigenvalue weighted by molar-refractivity contribution is 0.0238. The molecule has 1 amide bonds. The van der Waals surface area contributed by atoms with Crippen LogP contribution < -0.4 is 4.90 Å². The zero-order valence-electron chi connectivity index (χ0n) is 12.7. The largest absolute Gasteiger partial charge is 0.444 e. The van der Waals surface area contributed by atoms with E-state index in [1.165, 1.54) is 0 Å². The van der Waals surface area contributed by atoms with Crippen LogP contribution in [0.4, 0.5) is 10.5 Å². The Morgan fingerprint density at radius 3 is 2.65 bits per heavy atom. The monoisotopic (exact) mass is 277 g/mol. The summed E-state index contributed by atoms with van der Waals surface area (Å²) >= 11 is 0. The van der Waals surface area contributed by atoms with Crippen molar-refractivity contribution in [3.05, 3.63) is 24.5 Å². The van der Waals surface area contributed by atoms with Gasteiger partial charge in [0, 0.05) is 38.2 Å². The van der Waals surface area contributed by atoms with Gasteiger partial charge in [-0.05, 0) is 39.3 Å². The fourth-order valence-corrected chi connectivity index (χ4v) is 2.33. The molecule has 5 nitrogen and oxygen atoms in total. The van der Waals surface area contributed by atoms with Crippen LogP contribution in [0.15, 0.2) is 24.5 Å². The van der Waals surface area contributed by atoms with Crippen LogP contribution in [0, 0.1) is 0 Å². The Morgan fingerprint density at radius 1 is 1.40 bits per heavy atom. The molecule has 0 bridgehead atoms. The molecule has 2 heterocycles. The zero-order valence-corrected chi connectivity index (χ0v) is 12.7. The number of ether oxygens (including phenoxy) is 1. The molecule has 0 N–H and O–H groups in total. The van der Waals surface area contributed by atoms with Crippen molar-refractivity contribution in [3.8, 4) is 0 Å². The summed E-state index contributed by atoms with van der Waals surface area (Å²) in [6, 6.07) is 4.18. The number of hydrogen-bond donors (Lipinski definition) is 0. The lowest BCUT2D eigenvalue weighted by atomic mass is 10.2. The Labute approximate surface area is 120 Å². The number of amides is 1. The second-order valence-electron chi connectivity index (χ2n) is 6.19. The number of pyridine rings is 1. The van der Waals surface area contributed by atoms with E-state index < -0.39 is 5.60 Å². The van der Waals surface area contributed by atoms with E-state index in [-0.39, 0.29) is 12.1 Å². The van der Waals surface area contributed by atoms with Crippen LogP contribution in [-0.4, -0.2) is 47.8 Å². The molecular formula is C15H23N3O2. The highest BCUT2D eigenvalue weighted by molar-refractivity contribution is 5.68. The summed E-state index contributed by atoms with van der Waals surface area (Å²) in [6.07, 6.45) is 4.29. The van der Waals surface area contributed by atoms with Crippen LogP contribution in [-0.2, 0) is 4.74 Å². The summed E-state index contributed by atoms with van der Waals surface area (Å²) in [5.74, 6) is 0. The number of nitrogens with zero attached hydrogens (tertiary/aromatic N) is 3. The summed E-state index contributed by atoms with van der Waals surface area (Å²) in [6.45, 7) is 7.44. The normalized spacial score (nSPS) is 19.0.